The summed E-state index contributed by atoms with van der Waals surface area (Å²) >= 11 is 0. The van der Waals surface area contributed by atoms with Gasteiger partial charge in [-0.2, -0.15) is 0 Å². The fourth-order valence-corrected chi connectivity index (χ4v) is 2.17. The van der Waals surface area contributed by atoms with Gasteiger partial charge in [-0.1, -0.05) is 20.3 Å². The molecule has 0 saturated heterocycles. The van der Waals surface area contributed by atoms with Gasteiger partial charge in [0.25, 0.3) is 0 Å². The normalized spacial score (nSPS) is 19.2. The summed E-state index contributed by atoms with van der Waals surface area (Å²) in [6.45, 7) is 5.07. The van der Waals surface area contributed by atoms with Crippen molar-refractivity contribution in [1.82, 2.24) is 9.97 Å². The number of hydrogen-bond donors (Lipinski definition) is 2. The number of rotatable bonds is 4. The quantitative estimate of drug-likeness (QED) is 0.796. The molecule has 1 aliphatic carbocycles. The van der Waals surface area contributed by atoms with Crippen LogP contribution >= 0.6 is 0 Å². The number of hydrogen-bond acceptors (Lipinski definition) is 2. The zero-order chi connectivity index (χ0) is 10.8. The molecule has 0 aliphatic heterocycles. The molecule has 1 saturated carbocycles. The summed E-state index contributed by atoms with van der Waals surface area (Å²) in [4.78, 5) is 7.93. The molecule has 1 aliphatic rings. The number of aromatic amines is 1. The van der Waals surface area contributed by atoms with Gasteiger partial charge in [-0.05, 0) is 18.8 Å². The van der Waals surface area contributed by atoms with Gasteiger partial charge in [-0.15, -0.1) is 0 Å². The monoisotopic (exact) mass is 207 g/mol. The lowest BCUT2D eigenvalue weighted by atomic mass is 9.83. The number of nitrogens with two attached hydrogens (primary N) is 1. The summed E-state index contributed by atoms with van der Waals surface area (Å²) in [6.07, 6.45) is 6.00. The SMILES string of the molecule is CC(C)C(CN)c1ncc(C2CCC2)[nH]1. The summed E-state index contributed by atoms with van der Waals surface area (Å²) in [5.74, 6) is 2.74. The number of nitrogens with zero attached hydrogens (tertiary/aromatic N) is 1. The summed E-state index contributed by atoms with van der Waals surface area (Å²) in [5, 5.41) is 0. The molecule has 0 bridgehead atoms. The third-order valence-corrected chi connectivity index (χ3v) is 3.57. The minimum absolute atomic E-state index is 0.374. The zero-order valence-electron chi connectivity index (χ0n) is 9.66. The number of imidazole rings is 1. The van der Waals surface area contributed by atoms with Crippen LogP contribution in [0.2, 0.25) is 0 Å². The fourth-order valence-electron chi connectivity index (χ4n) is 2.17. The largest absolute Gasteiger partial charge is 0.345 e. The molecule has 1 atom stereocenters. The highest BCUT2D eigenvalue weighted by atomic mass is 14.9. The number of aromatic nitrogens is 2. The van der Waals surface area contributed by atoms with Gasteiger partial charge >= 0.3 is 0 Å². The van der Waals surface area contributed by atoms with E-state index in [1.165, 1.54) is 25.0 Å². The highest BCUT2D eigenvalue weighted by Crippen LogP contribution is 2.35. The molecule has 0 radical (unpaired) electrons. The van der Waals surface area contributed by atoms with Crippen molar-refractivity contribution < 1.29 is 0 Å². The molecule has 15 heavy (non-hydrogen) atoms. The Labute approximate surface area is 91.5 Å². The number of H-pyrrole nitrogens is 1. The second kappa shape index (κ2) is 4.35. The van der Waals surface area contributed by atoms with E-state index in [4.69, 9.17) is 5.73 Å². The Morgan fingerprint density at radius 1 is 1.53 bits per heavy atom. The van der Waals surface area contributed by atoms with Crippen LogP contribution in [0.3, 0.4) is 0 Å². The predicted octanol–water partition coefficient (Wildman–Crippen LogP) is 2.38. The van der Waals surface area contributed by atoms with E-state index in [9.17, 15) is 0 Å². The molecule has 3 nitrogen and oxygen atoms in total. The van der Waals surface area contributed by atoms with Crippen LogP contribution < -0.4 is 5.73 Å². The van der Waals surface area contributed by atoms with Gasteiger partial charge in [0.1, 0.15) is 5.82 Å². The van der Waals surface area contributed by atoms with Crippen molar-refractivity contribution >= 4 is 0 Å². The van der Waals surface area contributed by atoms with Gasteiger partial charge in [0.2, 0.25) is 0 Å². The Morgan fingerprint density at radius 2 is 2.27 bits per heavy atom. The first-order valence-corrected chi connectivity index (χ1v) is 5.97. The van der Waals surface area contributed by atoms with Crippen molar-refractivity contribution in [3.63, 3.8) is 0 Å². The molecule has 0 spiro atoms. The van der Waals surface area contributed by atoms with Crippen LogP contribution in [0, 0.1) is 5.92 Å². The summed E-state index contributed by atoms with van der Waals surface area (Å²) in [5.41, 5.74) is 7.09. The highest BCUT2D eigenvalue weighted by molar-refractivity contribution is 5.13. The Bertz CT molecular complexity index is 312. The Kier molecular flexibility index (Phi) is 3.10. The number of nitrogens with one attached hydrogen (secondary N) is 1. The first-order chi connectivity index (χ1) is 7.22. The van der Waals surface area contributed by atoms with E-state index in [1.807, 2.05) is 6.20 Å². The van der Waals surface area contributed by atoms with Crippen LogP contribution in [0.1, 0.15) is 56.5 Å². The molecule has 84 valence electrons. The minimum Gasteiger partial charge on any atom is -0.345 e. The maximum absolute atomic E-state index is 5.78. The molecule has 1 unspecified atom stereocenters. The van der Waals surface area contributed by atoms with Crippen molar-refractivity contribution in [3.8, 4) is 0 Å². The van der Waals surface area contributed by atoms with Crippen LogP contribution in [0.4, 0.5) is 0 Å². The summed E-state index contributed by atoms with van der Waals surface area (Å²) in [7, 11) is 0. The van der Waals surface area contributed by atoms with Crippen LogP contribution in [0.25, 0.3) is 0 Å². The lowest BCUT2D eigenvalue weighted by Gasteiger charge is -2.24. The minimum atomic E-state index is 0.374. The average Bonchev–Trinajstić information content (AvgIpc) is 2.51. The van der Waals surface area contributed by atoms with E-state index < -0.39 is 0 Å². The van der Waals surface area contributed by atoms with Crippen molar-refractivity contribution in [2.24, 2.45) is 11.7 Å². The van der Waals surface area contributed by atoms with E-state index in [-0.39, 0.29) is 0 Å². The lowest BCUT2D eigenvalue weighted by Crippen LogP contribution is -2.19. The second-order valence-electron chi connectivity index (χ2n) is 4.94. The molecule has 2 rings (SSSR count). The van der Waals surface area contributed by atoms with Gasteiger partial charge < -0.3 is 10.7 Å². The average molecular weight is 207 g/mol. The predicted molar refractivity (Wildman–Crippen MR) is 61.8 cm³/mol. The second-order valence-corrected chi connectivity index (χ2v) is 4.94. The van der Waals surface area contributed by atoms with Crippen molar-refractivity contribution in [1.29, 1.82) is 0 Å². The van der Waals surface area contributed by atoms with Crippen LogP contribution in [-0.2, 0) is 0 Å². The Morgan fingerprint density at radius 3 is 2.73 bits per heavy atom. The highest BCUT2D eigenvalue weighted by Gasteiger charge is 2.23. The van der Waals surface area contributed by atoms with Crippen LogP contribution in [0.5, 0.6) is 0 Å². The first kappa shape index (κ1) is 10.7. The topological polar surface area (TPSA) is 54.7 Å². The first-order valence-electron chi connectivity index (χ1n) is 5.97. The fraction of sp³-hybridized carbons (Fsp3) is 0.750. The maximum atomic E-state index is 5.78. The molecule has 1 fully saturated rings. The van der Waals surface area contributed by atoms with Gasteiger partial charge in [-0.3, -0.25) is 0 Å². The molecule has 3 heteroatoms. The van der Waals surface area contributed by atoms with Gasteiger partial charge in [-0.25, -0.2) is 4.98 Å². The summed E-state index contributed by atoms with van der Waals surface area (Å²) in [6, 6.07) is 0. The van der Waals surface area contributed by atoms with E-state index in [0.717, 1.165) is 11.7 Å². The van der Waals surface area contributed by atoms with E-state index in [1.54, 1.807) is 0 Å². The third-order valence-electron chi connectivity index (χ3n) is 3.57. The molecule has 0 amide bonds. The molecule has 0 aromatic carbocycles. The van der Waals surface area contributed by atoms with E-state index in [2.05, 4.69) is 23.8 Å². The van der Waals surface area contributed by atoms with Crippen molar-refractivity contribution in [2.45, 2.75) is 44.9 Å². The van der Waals surface area contributed by atoms with Gasteiger partial charge in [0.15, 0.2) is 0 Å². The lowest BCUT2D eigenvalue weighted by molar-refractivity contribution is 0.410. The van der Waals surface area contributed by atoms with Crippen molar-refractivity contribution in [3.05, 3.63) is 17.7 Å². The maximum Gasteiger partial charge on any atom is 0.110 e. The van der Waals surface area contributed by atoms with Crippen molar-refractivity contribution in [2.75, 3.05) is 6.54 Å². The molecule has 1 aromatic heterocycles. The Hall–Kier alpha value is -0.830. The molecular weight excluding hydrogens is 186 g/mol. The van der Waals surface area contributed by atoms with Gasteiger partial charge in [0, 0.05) is 30.3 Å². The van der Waals surface area contributed by atoms with Crippen LogP contribution in [0.15, 0.2) is 6.20 Å². The van der Waals surface area contributed by atoms with Gasteiger partial charge in [0.05, 0.1) is 0 Å². The van der Waals surface area contributed by atoms with E-state index in [0.29, 0.717) is 18.4 Å². The molecule has 1 aromatic rings. The molecule has 3 N–H and O–H groups in total. The smallest absolute Gasteiger partial charge is 0.110 e. The molecule has 1 heterocycles. The van der Waals surface area contributed by atoms with E-state index >= 15 is 0 Å². The van der Waals surface area contributed by atoms with Crippen LogP contribution in [-0.4, -0.2) is 16.5 Å². The summed E-state index contributed by atoms with van der Waals surface area (Å²) < 4.78 is 0. The zero-order valence-corrected chi connectivity index (χ0v) is 9.66. The standard InChI is InChI=1S/C12H21N3/c1-8(2)10(6-13)12-14-7-11(15-12)9-4-3-5-9/h7-10H,3-6,13H2,1-2H3,(H,14,15). The Balaban J connectivity index is 2.10. The third kappa shape index (κ3) is 2.07. The molecular formula is C12H21N3.